The number of ether oxygens (including phenoxy) is 2. The Morgan fingerprint density at radius 3 is 2.54 bits per heavy atom. The fraction of sp³-hybridized carbons (Fsp3) is 0.263. The van der Waals surface area contributed by atoms with Gasteiger partial charge in [0.2, 0.25) is 0 Å². The number of benzene rings is 2. The number of hydrogen-bond donors (Lipinski definition) is 1. The predicted molar refractivity (Wildman–Crippen MR) is 120 cm³/mol. The van der Waals surface area contributed by atoms with Gasteiger partial charge in [0.05, 0.1) is 16.9 Å². The molecule has 0 spiro atoms. The van der Waals surface area contributed by atoms with Crippen LogP contribution >= 0.6 is 45.2 Å². The molecule has 0 bridgehead atoms. The summed E-state index contributed by atoms with van der Waals surface area (Å²) < 4.78 is 13.1. The molecule has 0 aromatic heterocycles. The van der Waals surface area contributed by atoms with Crippen molar-refractivity contribution in [3.63, 3.8) is 0 Å². The summed E-state index contributed by atoms with van der Waals surface area (Å²) in [5.74, 6) is 1.16. The maximum absolute atomic E-state index is 12.0. The zero-order chi connectivity index (χ0) is 19.3. The van der Waals surface area contributed by atoms with Gasteiger partial charge in [-0.05, 0) is 94.8 Å². The third-order valence-electron chi connectivity index (χ3n) is 3.86. The normalized spacial score (nSPS) is 10.8. The number of carbonyl (C=O) groups excluding carboxylic acids is 1. The topological polar surface area (TPSA) is 59.9 Å². The highest BCUT2D eigenvalue weighted by molar-refractivity contribution is 14.1. The van der Waals surface area contributed by atoms with Crippen LogP contribution in [0.15, 0.2) is 29.4 Å². The zero-order valence-electron chi connectivity index (χ0n) is 15.0. The Kier molecular flexibility index (Phi) is 7.69. The molecule has 7 heteroatoms. The number of carbonyl (C=O) groups is 1. The van der Waals surface area contributed by atoms with Crippen LogP contribution in [0, 0.1) is 27.9 Å². The Morgan fingerprint density at radius 1 is 1.15 bits per heavy atom. The maximum atomic E-state index is 12.0. The van der Waals surface area contributed by atoms with Crippen molar-refractivity contribution < 1.29 is 14.3 Å². The van der Waals surface area contributed by atoms with Gasteiger partial charge < -0.3 is 9.47 Å². The van der Waals surface area contributed by atoms with Gasteiger partial charge in [-0.3, -0.25) is 4.79 Å². The van der Waals surface area contributed by atoms with Gasteiger partial charge >= 0.3 is 0 Å². The van der Waals surface area contributed by atoms with Gasteiger partial charge in [0, 0.05) is 9.13 Å². The Morgan fingerprint density at radius 2 is 1.85 bits per heavy atom. The lowest BCUT2D eigenvalue weighted by Crippen LogP contribution is -2.25. The van der Waals surface area contributed by atoms with Gasteiger partial charge in [-0.15, -0.1) is 0 Å². The molecule has 0 fully saturated rings. The minimum Gasteiger partial charge on any atom is -0.495 e. The molecule has 1 N–H and O–H groups in total. The number of hydrogen-bond acceptors (Lipinski definition) is 4. The molecular formula is C19H20I2N2O3. The summed E-state index contributed by atoms with van der Waals surface area (Å²) in [5, 5.41) is 4.02. The average molecular weight is 578 g/mol. The van der Waals surface area contributed by atoms with E-state index in [1.165, 1.54) is 0 Å². The Hall–Kier alpha value is -1.36. The van der Waals surface area contributed by atoms with Crippen molar-refractivity contribution in [2.24, 2.45) is 5.10 Å². The second-order valence-electron chi connectivity index (χ2n) is 5.75. The number of nitrogens with one attached hydrogen (secondary N) is 1. The molecule has 0 heterocycles. The molecule has 0 unspecified atom stereocenters. The molecule has 2 aromatic carbocycles. The van der Waals surface area contributed by atoms with Crippen molar-refractivity contribution in [2.45, 2.75) is 20.8 Å². The van der Waals surface area contributed by atoms with Gasteiger partial charge in [-0.25, -0.2) is 5.43 Å². The number of rotatable bonds is 6. The van der Waals surface area contributed by atoms with Crippen molar-refractivity contribution in [3.8, 4) is 11.5 Å². The van der Waals surface area contributed by atoms with Crippen molar-refractivity contribution in [1.82, 2.24) is 5.43 Å². The summed E-state index contributed by atoms with van der Waals surface area (Å²) in [7, 11) is 1.61. The fourth-order valence-electron chi connectivity index (χ4n) is 2.38. The third-order valence-corrected chi connectivity index (χ3v) is 5.28. The highest BCUT2D eigenvalue weighted by Crippen LogP contribution is 2.27. The molecule has 0 aliphatic carbocycles. The SMILES string of the molecule is COc1c(I)cc(I)cc1/C=N/NC(=O)COc1c(C)ccc(C)c1C. The van der Waals surface area contributed by atoms with E-state index in [2.05, 4.69) is 55.7 Å². The molecule has 2 rings (SSSR count). The number of methoxy groups -OCH3 is 1. The molecule has 0 saturated carbocycles. The van der Waals surface area contributed by atoms with E-state index in [1.807, 2.05) is 45.0 Å². The molecule has 2 aromatic rings. The molecule has 0 saturated heterocycles. The van der Waals surface area contributed by atoms with Gasteiger partial charge in [0.25, 0.3) is 5.91 Å². The Labute approximate surface area is 180 Å². The monoisotopic (exact) mass is 578 g/mol. The first-order chi connectivity index (χ1) is 12.3. The highest BCUT2D eigenvalue weighted by Gasteiger charge is 2.10. The van der Waals surface area contributed by atoms with Crippen LogP contribution in [0.4, 0.5) is 0 Å². The molecule has 1 amide bonds. The number of aryl methyl sites for hydroxylation is 2. The van der Waals surface area contributed by atoms with E-state index in [9.17, 15) is 4.79 Å². The molecule has 0 atom stereocenters. The van der Waals surface area contributed by atoms with Crippen LogP contribution in [-0.2, 0) is 4.79 Å². The Balaban J connectivity index is 2.00. The van der Waals surface area contributed by atoms with Crippen LogP contribution in [0.5, 0.6) is 11.5 Å². The molecular weight excluding hydrogens is 558 g/mol. The lowest BCUT2D eigenvalue weighted by Gasteiger charge is -2.13. The minimum atomic E-state index is -0.319. The van der Waals surface area contributed by atoms with Crippen LogP contribution in [0.2, 0.25) is 0 Å². The first-order valence-corrected chi connectivity index (χ1v) is 10.0. The lowest BCUT2D eigenvalue weighted by molar-refractivity contribution is -0.123. The zero-order valence-corrected chi connectivity index (χ0v) is 19.3. The first kappa shape index (κ1) is 20.9. The number of halogens is 2. The summed E-state index contributed by atoms with van der Waals surface area (Å²) in [6.07, 6.45) is 1.57. The molecule has 5 nitrogen and oxygen atoms in total. The van der Waals surface area contributed by atoms with Crippen molar-refractivity contribution >= 4 is 57.3 Å². The van der Waals surface area contributed by atoms with Gasteiger partial charge in [-0.1, -0.05) is 12.1 Å². The molecule has 0 radical (unpaired) electrons. The molecule has 0 aliphatic heterocycles. The lowest BCUT2D eigenvalue weighted by atomic mass is 10.1. The van der Waals surface area contributed by atoms with Gasteiger partial charge in [-0.2, -0.15) is 5.10 Å². The Bertz CT molecular complexity index is 851. The number of nitrogens with zero attached hydrogens (tertiary/aromatic N) is 1. The third kappa shape index (κ3) is 5.32. The van der Waals surface area contributed by atoms with Crippen molar-refractivity contribution in [1.29, 1.82) is 0 Å². The first-order valence-electron chi connectivity index (χ1n) is 7.88. The van der Waals surface area contributed by atoms with Crippen LogP contribution in [0.25, 0.3) is 0 Å². The summed E-state index contributed by atoms with van der Waals surface area (Å²) in [6, 6.07) is 7.97. The maximum Gasteiger partial charge on any atom is 0.277 e. The van der Waals surface area contributed by atoms with Crippen LogP contribution in [0.1, 0.15) is 22.3 Å². The smallest absolute Gasteiger partial charge is 0.277 e. The van der Waals surface area contributed by atoms with E-state index >= 15 is 0 Å². The van der Waals surface area contributed by atoms with Crippen LogP contribution < -0.4 is 14.9 Å². The highest BCUT2D eigenvalue weighted by atomic mass is 127. The van der Waals surface area contributed by atoms with E-state index in [0.29, 0.717) is 0 Å². The quantitative estimate of drug-likeness (QED) is 0.315. The second kappa shape index (κ2) is 9.54. The van der Waals surface area contributed by atoms with Crippen LogP contribution in [0.3, 0.4) is 0 Å². The summed E-state index contributed by atoms with van der Waals surface area (Å²) in [4.78, 5) is 12.0. The molecule has 138 valence electrons. The second-order valence-corrected chi connectivity index (χ2v) is 8.15. The van der Waals surface area contributed by atoms with E-state index in [-0.39, 0.29) is 12.5 Å². The van der Waals surface area contributed by atoms with Crippen LogP contribution in [-0.4, -0.2) is 25.8 Å². The van der Waals surface area contributed by atoms with Gasteiger partial charge in [0.1, 0.15) is 11.5 Å². The molecule has 26 heavy (non-hydrogen) atoms. The van der Waals surface area contributed by atoms with E-state index in [4.69, 9.17) is 9.47 Å². The summed E-state index contributed by atoms with van der Waals surface area (Å²) >= 11 is 4.43. The average Bonchev–Trinajstić information content (AvgIpc) is 2.58. The van der Waals surface area contributed by atoms with Crippen molar-refractivity contribution in [3.05, 3.63) is 53.7 Å². The molecule has 0 aliphatic rings. The van der Waals surface area contributed by atoms with E-state index < -0.39 is 0 Å². The largest absolute Gasteiger partial charge is 0.495 e. The number of hydrazone groups is 1. The fourth-order valence-corrected chi connectivity index (χ4v) is 4.49. The summed E-state index contributed by atoms with van der Waals surface area (Å²) in [6.45, 7) is 5.87. The van der Waals surface area contributed by atoms with E-state index in [1.54, 1.807) is 13.3 Å². The standard InChI is InChI=1S/C19H20I2N2O3/c1-11-5-6-12(2)18(13(11)3)26-10-17(24)23-22-9-14-7-15(20)8-16(21)19(14)25-4/h5-9H,10H2,1-4H3,(H,23,24)/b22-9+. The summed E-state index contributed by atoms with van der Waals surface area (Å²) in [5.41, 5.74) is 6.46. The van der Waals surface area contributed by atoms with Crippen molar-refractivity contribution in [2.75, 3.05) is 13.7 Å². The van der Waals surface area contributed by atoms with Gasteiger partial charge in [0.15, 0.2) is 6.61 Å². The number of amides is 1. The predicted octanol–water partition coefficient (Wildman–Crippen LogP) is 4.36. The van der Waals surface area contributed by atoms with E-state index in [0.717, 1.165) is 40.9 Å². The minimum absolute atomic E-state index is 0.0938.